The summed E-state index contributed by atoms with van der Waals surface area (Å²) in [7, 11) is 1.99. The van der Waals surface area contributed by atoms with Crippen LogP contribution in [0.3, 0.4) is 0 Å². The van der Waals surface area contributed by atoms with Gasteiger partial charge < -0.3 is 10.2 Å². The van der Waals surface area contributed by atoms with Crippen LogP contribution in [0.2, 0.25) is 0 Å². The van der Waals surface area contributed by atoms with Gasteiger partial charge >= 0.3 is 0 Å². The third kappa shape index (κ3) is 3.78. The molecule has 2 heterocycles. The van der Waals surface area contributed by atoms with Gasteiger partial charge in [-0.05, 0) is 72.9 Å². The van der Waals surface area contributed by atoms with E-state index in [1.165, 1.54) is 32.1 Å². The van der Waals surface area contributed by atoms with E-state index in [2.05, 4.69) is 35.9 Å². The van der Waals surface area contributed by atoms with E-state index in [1.807, 2.05) is 7.05 Å². The van der Waals surface area contributed by atoms with E-state index < -0.39 is 0 Å². The van der Waals surface area contributed by atoms with E-state index in [1.54, 1.807) is 0 Å². The molecule has 0 aliphatic carbocycles. The van der Waals surface area contributed by atoms with Crippen molar-refractivity contribution in [3.05, 3.63) is 0 Å². The summed E-state index contributed by atoms with van der Waals surface area (Å²) in [6, 6.07) is 1.56. The molecule has 0 spiro atoms. The zero-order valence-electron chi connectivity index (χ0n) is 14.3. The second kappa shape index (κ2) is 7.59. The van der Waals surface area contributed by atoms with E-state index in [4.69, 9.17) is 0 Å². The number of carbonyl (C=O) groups excluding carboxylic acids is 1. The minimum absolute atomic E-state index is 0.0349. The van der Waals surface area contributed by atoms with Crippen molar-refractivity contribution in [2.75, 3.05) is 20.1 Å². The fourth-order valence-corrected chi connectivity index (χ4v) is 4.25. The average molecular weight is 295 g/mol. The van der Waals surface area contributed by atoms with E-state index in [0.717, 1.165) is 19.5 Å². The van der Waals surface area contributed by atoms with Crippen molar-refractivity contribution >= 4 is 5.91 Å². The van der Waals surface area contributed by atoms with Crippen LogP contribution in [0.25, 0.3) is 0 Å². The molecule has 4 nitrogen and oxygen atoms in total. The molecule has 0 saturated carbocycles. The fourth-order valence-electron chi connectivity index (χ4n) is 4.25. The number of hydrogen-bond acceptors (Lipinski definition) is 3. The Morgan fingerprint density at radius 3 is 2.48 bits per heavy atom. The van der Waals surface area contributed by atoms with Crippen molar-refractivity contribution in [2.24, 2.45) is 0 Å². The molecule has 0 radical (unpaired) electrons. The van der Waals surface area contributed by atoms with Gasteiger partial charge in [0.1, 0.15) is 0 Å². The van der Waals surface area contributed by atoms with Gasteiger partial charge in [-0.1, -0.05) is 0 Å². The lowest BCUT2D eigenvalue weighted by molar-refractivity contribution is -0.141. The molecule has 0 aromatic rings. The van der Waals surface area contributed by atoms with Gasteiger partial charge in [0.2, 0.25) is 5.91 Å². The number of piperidine rings is 1. The Bertz CT molecular complexity index is 337. The Kier molecular flexibility index (Phi) is 6.06. The maximum atomic E-state index is 13.0. The largest absolute Gasteiger partial charge is 0.338 e. The molecule has 2 aliphatic rings. The predicted octanol–water partition coefficient (Wildman–Crippen LogP) is 2.24. The number of likely N-dealkylation sites (tertiary alicyclic amines) is 2. The Morgan fingerprint density at radius 1 is 1.19 bits per heavy atom. The van der Waals surface area contributed by atoms with Gasteiger partial charge in [-0.2, -0.15) is 0 Å². The maximum absolute atomic E-state index is 13.0. The van der Waals surface area contributed by atoms with Crippen LogP contribution in [-0.4, -0.2) is 60.0 Å². The van der Waals surface area contributed by atoms with Crippen molar-refractivity contribution in [3.8, 4) is 0 Å². The van der Waals surface area contributed by atoms with E-state index in [0.29, 0.717) is 24.0 Å². The van der Waals surface area contributed by atoms with Crippen LogP contribution >= 0.6 is 0 Å². The first-order valence-electron chi connectivity index (χ1n) is 8.78. The molecule has 1 N–H and O–H groups in total. The molecule has 0 aromatic carbocycles. The highest BCUT2D eigenvalue weighted by atomic mass is 16.2. The first-order chi connectivity index (χ1) is 10.1. The third-order valence-electron chi connectivity index (χ3n) is 5.46. The molecule has 2 aliphatic heterocycles. The topological polar surface area (TPSA) is 35.6 Å². The van der Waals surface area contributed by atoms with Gasteiger partial charge in [-0.3, -0.25) is 9.69 Å². The molecule has 2 rings (SSSR count). The summed E-state index contributed by atoms with van der Waals surface area (Å²) in [5.41, 5.74) is 0. The zero-order valence-corrected chi connectivity index (χ0v) is 14.3. The summed E-state index contributed by atoms with van der Waals surface area (Å²) in [6.45, 7) is 8.60. The first-order valence-corrected chi connectivity index (χ1v) is 8.78. The fraction of sp³-hybridized carbons (Fsp3) is 0.941. The van der Waals surface area contributed by atoms with Crippen LogP contribution in [-0.2, 0) is 4.79 Å². The highest BCUT2D eigenvalue weighted by Gasteiger charge is 2.38. The van der Waals surface area contributed by atoms with Crippen molar-refractivity contribution in [1.82, 2.24) is 15.1 Å². The Hall–Kier alpha value is -0.610. The molecule has 1 amide bonds. The number of nitrogens with zero attached hydrogens (tertiary/aromatic N) is 2. The number of amides is 1. The lowest BCUT2D eigenvalue weighted by Crippen LogP contribution is -2.54. The molecule has 4 heteroatoms. The zero-order chi connectivity index (χ0) is 15.4. The lowest BCUT2D eigenvalue weighted by Gasteiger charge is -2.41. The molecular formula is C17H33N3O. The molecule has 2 fully saturated rings. The minimum Gasteiger partial charge on any atom is -0.338 e. The van der Waals surface area contributed by atoms with E-state index >= 15 is 0 Å². The summed E-state index contributed by atoms with van der Waals surface area (Å²) >= 11 is 0. The van der Waals surface area contributed by atoms with Gasteiger partial charge in [-0.15, -0.1) is 0 Å². The van der Waals surface area contributed by atoms with Crippen molar-refractivity contribution in [2.45, 2.75) is 83.5 Å². The molecule has 2 saturated heterocycles. The normalized spacial score (nSPS) is 32.4. The molecule has 21 heavy (non-hydrogen) atoms. The van der Waals surface area contributed by atoms with Crippen LogP contribution in [0.4, 0.5) is 0 Å². The molecule has 0 bridgehead atoms. The second-order valence-electron chi connectivity index (χ2n) is 6.97. The number of nitrogens with one attached hydrogen (secondary N) is 1. The monoisotopic (exact) mass is 295 g/mol. The summed E-state index contributed by atoms with van der Waals surface area (Å²) in [6.07, 6.45) is 7.14. The molecule has 4 unspecified atom stereocenters. The number of hydrogen-bond donors (Lipinski definition) is 1. The van der Waals surface area contributed by atoms with Crippen LogP contribution in [0.1, 0.15) is 59.3 Å². The van der Waals surface area contributed by atoms with E-state index in [-0.39, 0.29) is 6.04 Å². The van der Waals surface area contributed by atoms with Crippen molar-refractivity contribution < 1.29 is 4.79 Å². The van der Waals surface area contributed by atoms with Crippen LogP contribution < -0.4 is 5.32 Å². The smallest absolute Gasteiger partial charge is 0.239 e. The summed E-state index contributed by atoms with van der Waals surface area (Å²) in [5, 5.41) is 3.22. The second-order valence-corrected chi connectivity index (χ2v) is 6.97. The highest BCUT2D eigenvalue weighted by molar-refractivity contribution is 5.82. The van der Waals surface area contributed by atoms with Gasteiger partial charge in [0.05, 0.1) is 6.04 Å². The molecule has 4 atom stereocenters. The van der Waals surface area contributed by atoms with Crippen LogP contribution in [0.15, 0.2) is 0 Å². The number of rotatable bonds is 5. The Labute approximate surface area is 130 Å². The Balaban J connectivity index is 2.02. The average Bonchev–Trinajstić information content (AvgIpc) is 2.83. The highest BCUT2D eigenvalue weighted by Crippen LogP contribution is 2.28. The standard InChI is InChI=1S/C17H33N3O/c1-13-8-9-14(2)20(13)15(3)17(21)19-12-6-5-7-16(19)10-11-18-4/h13-16,18H,5-12H2,1-4H3. The summed E-state index contributed by atoms with van der Waals surface area (Å²) < 4.78 is 0. The summed E-state index contributed by atoms with van der Waals surface area (Å²) in [4.78, 5) is 17.6. The van der Waals surface area contributed by atoms with E-state index in [9.17, 15) is 4.79 Å². The first kappa shape index (κ1) is 16.8. The molecule has 122 valence electrons. The Morgan fingerprint density at radius 2 is 1.86 bits per heavy atom. The van der Waals surface area contributed by atoms with Crippen molar-refractivity contribution in [1.29, 1.82) is 0 Å². The van der Waals surface area contributed by atoms with Gasteiger partial charge in [-0.25, -0.2) is 0 Å². The van der Waals surface area contributed by atoms with Crippen LogP contribution in [0, 0.1) is 0 Å². The summed E-state index contributed by atoms with van der Waals surface area (Å²) in [5.74, 6) is 0.358. The van der Waals surface area contributed by atoms with Gasteiger partial charge in [0, 0.05) is 24.7 Å². The number of carbonyl (C=O) groups is 1. The molecular weight excluding hydrogens is 262 g/mol. The van der Waals surface area contributed by atoms with Crippen molar-refractivity contribution in [3.63, 3.8) is 0 Å². The van der Waals surface area contributed by atoms with Crippen LogP contribution in [0.5, 0.6) is 0 Å². The SMILES string of the molecule is CNCCC1CCCCN1C(=O)C(C)N1C(C)CCC1C. The third-order valence-corrected chi connectivity index (χ3v) is 5.46. The maximum Gasteiger partial charge on any atom is 0.239 e. The predicted molar refractivity (Wildman–Crippen MR) is 87.4 cm³/mol. The van der Waals surface area contributed by atoms with Gasteiger partial charge in [0.15, 0.2) is 0 Å². The van der Waals surface area contributed by atoms with Gasteiger partial charge in [0.25, 0.3) is 0 Å². The quantitative estimate of drug-likeness (QED) is 0.845. The minimum atomic E-state index is 0.0349. The molecule has 0 aromatic heterocycles. The lowest BCUT2D eigenvalue weighted by atomic mass is 9.98.